The van der Waals surface area contributed by atoms with Crippen LogP contribution in [0, 0.1) is 11.8 Å². The maximum atomic E-state index is 11.8. The Balaban J connectivity index is 1.35. The lowest BCUT2D eigenvalue weighted by Crippen LogP contribution is -2.34. The first-order valence-electron chi connectivity index (χ1n) is 7.39. The van der Waals surface area contributed by atoms with Gasteiger partial charge in [0, 0.05) is 18.9 Å². The predicted molar refractivity (Wildman–Crippen MR) is 77.3 cm³/mol. The predicted octanol–water partition coefficient (Wildman–Crippen LogP) is 1.34. The molecule has 0 spiro atoms. The molecule has 110 valence electrons. The van der Waals surface area contributed by atoms with E-state index < -0.39 is 0 Å². The van der Waals surface area contributed by atoms with Gasteiger partial charge < -0.3 is 5.32 Å². The molecule has 0 unspecified atom stereocenters. The molecule has 20 heavy (non-hydrogen) atoms. The highest BCUT2D eigenvalue weighted by Gasteiger charge is 2.26. The average Bonchev–Trinajstić information content (AvgIpc) is 2.95. The van der Waals surface area contributed by atoms with Gasteiger partial charge in [-0.3, -0.25) is 4.79 Å². The summed E-state index contributed by atoms with van der Waals surface area (Å²) in [6.45, 7) is 0.831. The van der Waals surface area contributed by atoms with Crippen molar-refractivity contribution in [3.8, 4) is 0 Å². The fraction of sp³-hybridized carbons (Fsp3) is 0.846. The standard InChI is InChI=1S/C13H21N5OS/c19-12(5-10-7-20-8-10)14-6-9-1-3-11(4-2-9)13-15-17-18-16-13/h9-11H,1-8H2,(H,14,19)(H,15,16,17,18). The maximum Gasteiger partial charge on any atom is 0.220 e. The lowest BCUT2D eigenvalue weighted by Gasteiger charge is -2.28. The van der Waals surface area contributed by atoms with Gasteiger partial charge in [-0.1, -0.05) is 5.21 Å². The summed E-state index contributed by atoms with van der Waals surface area (Å²) in [6, 6.07) is 0. The van der Waals surface area contributed by atoms with Crippen molar-refractivity contribution in [2.45, 2.75) is 38.0 Å². The zero-order valence-electron chi connectivity index (χ0n) is 11.5. The van der Waals surface area contributed by atoms with E-state index in [0.717, 1.165) is 49.6 Å². The first kappa shape index (κ1) is 13.9. The van der Waals surface area contributed by atoms with Crippen LogP contribution < -0.4 is 5.32 Å². The quantitative estimate of drug-likeness (QED) is 0.856. The van der Waals surface area contributed by atoms with Gasteiger partial charge in [-0.2, -0.15) is 17.0 Å². The molecule has 3 rings (SSSR count). The number of nitrogens with one attached hydrogen (secondary N) is 2. The lowest BCUT2D eigenvalue weighted by molar-refractivity contribution is -0.122. The Morgan fingerprint density at radius 3 is 2.65 bits per heavy atom. The maximum absolute atomic E-state index is 11.8. The highest BCUT2D eigenvalue weighted by Crippen LogP contribution is 2.33. The van der Waals surface area contributed by atoms with E-state index in [9.17, 15) is 4.79 Å². The molecule has 2 N–H and O–H groups in total. The van der Waals surface area contributed by atoms with Crippen LogP contribution >= 0.6 is 11.8 Å². The Kier molecular flexibility index (Phi) is 4.54. The number of aromatic amines is 1. The van der Waals surface area contributed by atoms with Crippen molar-refractivity contribution in [2.75, 3.05) is 18.1 Å². The van der Waals surface area contributed by atoms with E-state index in [1.165, 1.54) is 0 Å². The number of tetrazole rings is 1. The second kappa shape index (κ2) is 6.56. The number of rotatable bonds is 5. The van der Waals surface area contributed by atoms with Crippen LogP contribution in [0.1, 0.15) is 43.8 Å². The molecule has 1 aliphatic heterocycles. The molecule has 6 nitrogen and oxygen atoms in total. The van der Waals surface area contributed by atoms with E-state index in [0.29, 0.717) is 24.2 Å². The zero-order chi connectivity index (χ0) is 13.8. The normalized spacial score (nSPS) is 27.0. The van der Waals surface area contributed by atoms with Crippen LogP contribution in [0.4, 0.5) is 0 Å². The highest BCUT2D eigenvalue weighted by atomic mass is 32.2. The van der Waals surface area contributed by atoms with Gasteiger partial charge in [0.15, 0.2) is 5.82 Å². The third-order valence-electron chi connectivity index (χ3n) is 4.34. The lowest BCUT2D eigenvalue weighted by atomic mass is 9.81. The highest BCUT2D eigenvalue weighted by molar-refractivity contribution is 8.00. The molecule has 1 aliphatic carbocycles. The Bertz CT molecular complexity index is 426. The Hall–Kier alpha value is -1.11. The second-order valence-corrected chi connectivity index (χ2v) is 6.97. The van der Waals surface area contributed by atoms with Gasteiger partial charge in [0.05, 0.1) is 0 Å². The summed E-state index contributed by atoms with van der Waals surface area (Å²) in [5.74, 6) is 5.05. The average molecular weight is 295 g/mol. The van der Waals surface area contributed by atoms with Crippen LogP contribution in [0.5, 0.6) is 0 Å². The molecule has 1 aromatic rings. The summed E-state index contributed by atoms with van der Waals surface area (Å²) in [7, 11) is 0. The summed E-state index contributed by atoms with van der Waals surface area (Å²) >= 11 is 1.93. The summed E-state index contributed by atoms with van der Waals surface area (Å²) in [4.78, 5) is 11.8. The number of hydrogen-bond donors (Lipinski definition) is 2. The molecule has 1 aromatic heterocycles. The van der Waals surface area contributed by atoms with Crippen molar-refractivity contribution < 1.29 is 4.79 Å². The SMILES string of the molecule is O=C(CC1CSC1)NCC1CCC(c2nn[nH]n2)CC1. The van der Waals surface area contributed by atoms with E-state index in [2.05, 4.69) is 25.9 Å². The van der Waals surface area contributed by atoms with Crippen molar-refractivity contribution in [1.82, 2.24) is 25.9 Å². The van der Waals surface area contributed by atoms with Gasteiger partial charge in [0.1, 0.15) is 0 Å². The summed E-state index contributed by atoms with van der Waals surface area (Å²) in [5, 5.41) is 17.4. The monoisotopic (exact) mass is 295 g/mol. The number of carbonyl (C=O) groups is 1. The Morgan fingerprint density at radius 1 is 1.25 bits per heavy atom. The molecule has 7 heteroatoms. The van der Waals surface area contributed by atoms with Gasteiger partial charge in [-0.15, -0.1) is 10.2 Å². The third kappa shape index (κ3) is 3.50. The van der Waals surface area contributed by atoms with E-state index in [1.807, 2.05) is 11.8 Å². The van der Waals surface area contributed by atoms with Gasteiger partial charge in [-0.05, 0) is 49.0 Å². The first-order valence-corrected chi connectivity index (χ1v) is 8.54. The van der Waals surface area contributed by atoms with Gasteiger partial charge in [-0.25, -0.2) is 0 Å². The molecule has 1 saturated heterocycles. The zero-order valence-corrected chi connectivity index (χ0v) is 12.4. The molecular formula is C13H21N5OS. The molecule has 0 aromatic carbocycles. The van der Waals surface area contributed by atoms with Crippen molar-refractivity contribution in [3.05, 3.63) is 5.82 Å². The third-order valence-corrected chi connectivity index (χ3v) is 5.76. The number of aromatic nitrogens is 4. The first-order chi connectivity index (χ1) is 9.81. The van der Waals surface area contributed by atoms with Gasteiger partial charge >= 0.3 is 0 Å². The number of amides is 1. The molecular weight excluding hydrogens is 274 g/mol. The summed E-state index contributed by atoms with van der Waals surface area (Å²) in [5.41, 5.74) is 0. The van der Waals surface area contributed by atoms with Crippen LogP contribution in [-0.2, 0) is 4.79 Å². The molecule has 2 aliphatic rings. The fourth-order valence-corrected chi connectivity index (χ4v) is 3.77. The fourth-order valence-electron chi connectivity index (χ4n) is 2.96. The van der Waals surface area contributed by atoms with Crippen LogP contribution in [0.25, 0.3) is 0 Å². The second-order valence-electron chi connectivity index (χ2n) is 5.90. The number of hydrogen-bond acceptors (Lipinski definition) is 5. The minimum absolute atomic E-state index is 0.232. The molecule has 1 amide bonds. The number of H-pyrrole nitrogens is 1. The van der Waals surface area contributed by atoms with E-state index in [4.69, 9.17) is 0 Å². The van der Waals surface area contributed by atoms with Crippen LogP contribution in [0.3, 0.4) is 0 Å². The van der Waals surface area contributed by atoms with Crippen LogP contribution in [0.15, 0.2) is 0 Å². The summed E-state index contributed by atoms with van der Waals surface area (Å²) < 4.78 is 0. The Labute approximate surface area is 122 Å². The van der Waals surface area contributed by atoms with E-state index in [1.54, 1.807) is 0 Å². The van der Waals surface area contributed by atoms with Crippen LogP contribution in [0.2, 0.25) is 0 Å². The number of thioether (sulfide) groups is 1. The molecule has 0 radical (unpaired) electrons. The molecule has 0 bridgehead atoms. The van der Waals surface area contributed by atoms with Gasteiger partial charge in [0.25, 0.3) is 0 Å². The van der Waals surface area contributed by atoms with E-state index in [-0.39, 0.29) is 5.91 Å². The van der Waals surface area contributed by atoms with E-state index >= 15 is 0 Å². The smallest absolute Gasteiger partial charge is 0.220 e. The van der Waals surface area contributed by atoms with Crippen molar-refractivity contribution >= 4 is 17.7 Å². The van der Waals surface area contributed by atoms with Gasteiger partial charge in [0.2, 0.25) is 5.91 Å². The van der Waals surface area contributed by atoms with Crippen LogP contribution in [-0.4, -0.2) is 44.6 Å². The summed E-state index contributed by atoms with van der Waals surface area (Å²) in [6.07, 6.45) is 5.18. The molecule has 2 fully saturated rings. The minimum Gasteiger partial charge on any atom is -0.356 e. The number of nitrogens with zero attached hydrogens (tertiary/aromatic N) is 3. The van der Waals surface area contributed by atoms with Crippen molar-refractivity contribution in [3.63, 3.8) is 0 Å². The largest absolute Gasteiger partial charge is 0.356 e. The van der Waals surface area contributed by atoms with Crippen molar-refractivity contribution in [2.24, 2.45) is 11.8 Å². The molecule has 1 saturated carbocycles. The molecule has 2 heterocycles. The minimum atomic E-state index is 0.232. The van der Waals surface area contributed by atoms with Crippen molar-refractivity contribution in [1.29, 1.82) is 0 Å². The number of carbonyl (C=O) groups excluding carboxylic acids is 1. The molecule has 0 atom stereocenters. The topological polar surface area (TPSA) is 83.6 Å². The Morgan fingerprint density at radius 2 is 2.05 bits per heavy atom.